The maximum Gasteiger partial charge on any atom is 0.271 e. The Kier molecular flexibility index (Phi) is 6.77. The second kappa shape index (κ2) is 9.49. The molecule has 0 aliphatic heterocycles. The number of anilines is 1. The summed E-state index contributed by atoms with van der Waals surface area (Å²) in [6.45, 7) is 1.86. The van der Waals surface area contributed by atoms with Gasteiger partial charge in [-0.05, 0) is 55.0 Å². The maximum atomic E-state index is 13.3. The molecule has 0 saturated heterocycles. The van der Waals surface area contributed by atoms with Crippen LogP contribution in [0.15, 0.2) is 83.8 Å². The fraction of sp³-hybridized carbons (Fsp3) is 0.125. The number of nitrogens with zero attached hydrogens (tertiary/aromatic N) is 1. The van der Waals surface area contributed by atoms with Crippen LogP contribution in [0.2, 0.25) is 0 Å². The number of benzene rings is 3. The van der Waals surface area contributed by atoms with Gasteiger partial charge in [0.15, 0.2) is 11.5 Å². The van der Waals surface area contributed by atoms with Crippen molar-refractivity contribution in [3.63, 3.8) is 0 Å². The van der Waals surface area contributed by atoms with Gasteiger partial charge < -0.3 is 9.47 Å². The molecule has 1 amide bonds. The number of carbonyl (C=O) groups is 1. The standard InChI is InChI=1S/C24H23NO5S/c1-18-9-13-21(14-10-18)31(27,28)25(20-7-5-4-6-8-20)24(26)16-12-19-11-15-22(29-2)23(17-19)30-3/h4-17H,1-3H3/b16-12+. The highest BCUT2D eigenvalue weighted by Gasteiger charge is 2.29. The van der Waals surface area contributed by atoms with E-state index >= 15 is 0 Å². The minimum Gasteiger partial charge on any atom is -0.493 e. The summed E-state index contributed by atoms with van der Waals surface area (Å²) in [7, 11) is -1.06. The molecule has 3 aromatic rings. The lowest BCUT2D eigenvalue weighted by molar-refractivity contribution is -0.113. The molecule has 0 aliphatic rings. The quantitative estimate of drug-likeness (QED) is 0.511. The number of para-hydroxylation sites is 1. The van der Waals surface area contributed by atoms with Gasteiger partial charge in [0.05, 0.1) is 24.8 Å². The van der Waals surface area contributed by atoms with Gasteiger partial charge in [0.25, 0.3) is 15.9 Å². The summed E-state index contributed by atoms with van der Waals surface area (Å²) in [5.74, 6) is 0.365. The molecule has 0 aliphatic carbocycles. The third-order valence-corrected chi connectivity index (χ3v) is 6.32. The van der Waals surface area contributed by atoms with E-state index in [1.165, 1.54) is 38.5 Å². The summed E-state index contributed by atoms with van der Waals surface area (Å²) in [6.07, 6.45) is 2.75. The van der Waals surface area contributed by atoms with E-state index in [2.05, 4.69) is 0 Å². The van der Waals surface area contributed by atoms with Crippen molar-refractivity contribution < 1.29 is 22.7 Å². The molecular formula is C24H23NO5S. The van der Waals surface area contributed by atoms with Crippen molar-refractivity contribution in [3.05, 3.63) is 90.0 Å². The molecule has 0 heterocycles. The molecule has 7 heteroatoms. The van der Waals surface area contributed by atoms with Crippen molar-refractivity contribution in [3.8, 4) is 11.5 Å². The Balaban J connectivity index is 1.99. The normalized spacial score (nSPS) is 11.3. The summed E-state index contributed by atoms with van der Waals surface area (Å²) >= 11 is 0. The Morgan fingerprint density at radius 1 is 0.871 bits per heavy atom. The zero-order valence-electron chi connectivity index (χ0n) is 17.5. The molecule has 0 atom stereocenters. The van der Waals surface area contributed by atoms with Crippen LogP contribution in [0.1, 0.15) is 11.1 Å². The van der Waals surface area contributed by atoms with E-state index in [0.717, 1.165) is 9.87 Å². The van der Waals surface area contributed by atoms with Gasteiger partial charge in [-0.3, -0.25) is 4.79 Å². The van der Waals surface area contributed by atoms with E-state index in [-0.39, 0.29) is 10.6 Å². The highest BCUT2D eigenvalue weighted by molar-refractivity contribution is 7.93. The molecule has 0 radical (unpaired) electrons. The van der Waals surface area contributed by atoms with Gasteiger partial charge in [-0.2, -0.15) is 4.31 Å². The Morgan fingerprint density at radius 2 is 1.52 bits per heavy atom. The van der Waals surface area contributed by atoms with Gasteiger partial charge in [0.1, 0.15) is 0 Å². The third-order valence-electron chi connectivity index (χ3n) is 4.58. The number of carbonyl (C=O) groups excluding carboxylic acids is 1. The number of amides is 1. The zero-order chi connectivity index (χ0) is 22.4. The number of methoxy groups -OCH3 is 2. The lowest BCUT2D eigenvalue weighted by Gasteiger charge is -2.21. The van der Waals surface area contributed by atoms with Crippen molar-refractivity contribution in [2.45, 2.75) is 11.8 Å². The predicted octanol–water partition coefficient (Wildman–Crippen LogP) is 4.45. The van der Waals surface area contributed by atoms with E-state index in [0.29, 0.717) is 17.1 Å². The summed E-state index contributed by atoms with van der Waals surface area (Å²) in [5.41, 5.74) is 1.83. The molecule has 6 nitrogen and oxygen atoms in total. The van der Waals surface area contributed by atoms with Crippen molar-refractivity contribution in [1.82, 2.24) is 0 Å². The van der Waals surface area contributed by atoms with Crippen LogP contribution in [0.5, 0.6) is 11.5 Å². The molecule has 0 N–H and O–H groups in total. The number of rotatable bonds is 7. The summed E-state index contributed by atoms with van der Waals surface area (Å²) in [4.78, 5) is 13.1. The van der Waals surface area contributed by atoms with Crippen molar-refractivity contribution in [2.75, 3.05) is 18.5 Å². The Bertz CT molecular complexity index is 1190. The van der Waals surface area contributed by atoms with Gasteiger partial charge in [-0.15, -0.1) is 0 Å². The van der Waals surface area contributed by atoms with Gasteiger partial charge in [-0.25, -0.2) is 8.42 Å². The molecular weight excluding hydrogens is 414 g/mol. The van der Waals surface area contributed by atoms with E-state index in [4.69, 9.17) is 9.47 Å². The van der Waals surface area contributed by atoms with Crippen LogP contribution in [0.4, 0.5) is 5.69 Å². The molecule has 0 bridgehead atoms. The van der Waals surface area contributed by atoms with Crippen molar-refractivity contribution in [1.29, 1.82) is 0 Å². The van der Waals surface area contributed by atoms with E-state index < -0.39 is 15.9 Å². The molecule has 0 fully saturated rings. The Hall–Kier alpha value is -3.58. The topological polar surface area (TPSA) is 72.9 Å². The van der Waals surface area contributed by atoms with Crippen molar-refractivity contribution >= 4 is 27.7 Å². The molecule has 0 unspecified atom stereocenters. The molecule has 0 spiro atoms. The second-order valence-corrected chi connectivity index (χ2v) is 8.49. The SMILES string of the molecule is COc1ccc(/C=C/C(=O)N(c2ccccc2)S(=O)(=O)c2ccc(C)cc2)cc1OC. The minimum absolute atomic E-state index is 0.0369. The fourth-order valence-corrected chi connectivity index (χ4v) is 4.34. The van der Waals surface area contributed by atoms with E-state index in [9.17, 15) is 13.2 Å². The summed E-state index contributed by atoms with van der Waals surface area (Å²) < 4.78 is 37.9. The average molecular weight is 438 g/mol. The van der Waals surface area contributed by atoms with Gasteiger partial charge in [-0.1, -0.05) is 42.0 Å². The summed E-state index contributed by atoms with van der Waals surface area (Å²) in [5, 5.41) is 0. The predicted molar refractivity (Wildman–Crippen MR) is 121 cm³/mol. The van der Waals surface area contributed by atoms with E-state index in [1.54, 1.807) is 60.7 Å². The van der Waals surface area contributed by atoms with Crippen LogP contribution in [0.25, 0.3) is 6.08 Å². The summed E-state index contributed by atoms with van der Waals surface area (Å²) in [6, 6.07) is 19.8. The van der Waals surface area contributed by atoms with Crippen LogP contribution in [-0.4, -0.2) is 28.5 Å². The first kappa shape index (κ1) is 22.1. The minimum atomic E-state index is -4.11. The molecule has 160 valence electrons. The maximum absolute atomic E-state index is 13.3. The van der Waals surface area contributed by atoms with Crippen LogP contribution in [0, 0.1) is 6.92 Å². The molecule has 31 heavy (non-hydrogen) atoms. The van der Waals surface area contributed by atoms with Crippen LogP contribution >= 0.6 is 0 Å². The van der Waals surface area contributed by atoms with Crippen LogP contribution in [-0.2, 0) is 14.8 Å². The second-order valence-electron chi connectivity index (χ2n) is 6.70. The van der Waals surface area contributed by atoms with Gasteiger partial charge in [0, 0.05) is 6.08 Å². The first-order valence-electron chi connectivity index (χ1n) is 9.48. The number of hydrogen-bond donors (Lipinski definition) is 0. The molecule has 0 saturated carbocycles. The van der Waals surface area contributed by atoms with E-state index in [1.807, 2.05) is 6.92 Å². The first-order valence-corrected chi connectivity index (χ1v) is 10.9. The third kappa shape index (κ3) is 4.95. The molecule has 3 aromatic carbocycles. The van der Waals surface area contributed by atoms with Gasteiger partial charge in [0.2, 0.25) is 0 Å². The van der Waals surface area contributed by atoms with Crippen LogP contribution < -0.4 is 13.8 Å². The monoisotopic (exact) mass is 437 g/mol. The van der Waals surface area contributed by atoms with Crippen molar-refractivity contribution in [2.24, 2.45) is 0 Å². The average Bonchev–Trinajstić information content (AvgIpc) is 2.78. The smallest absolute Gasteiger partial charge is 0.271 e. The zero-order valence-corrected chi connectivity index (χ0v) is 18.3. The lowest BCUT2D eigenvalue weighted by Crippen LogP contribution is -2.35. The highest BCUT2D eigenvalue weighted by atomic mass is 32.2. The largest absolute Gasteiger partial charge is 0.493 e. The Labute approximate surface area is 182 Å². The highest BCUT2D eigenvalue weighted by Crippen LogP contribution is 2.28. The number of ether oxygens (including phenoxy) is 2. The molecule has 0 aromatic heterocycles. The van der Waals surface area contributed by atoms with Gasteiger partial charge >= 0.3 is 0 Å². The number of hydrogen-bond acceptors (Lipinski definition) is 5. The fourth-order valence-electron chi connectivity index (χ4n) is 2.96. The molecule has 3 rings (SSSR count). The number of sulfonamides is 1. The lowest BCUT2D eigenvalue weighted by atomic mass is 10.2. The Morgan fingerprint density at radius 3 is 2.13 bits per heavy atom. The van der Waals surface area contributed by atoms with Crippen LogP contribution in [0.3, 0.4) is 0 Å². The first-order chi connectivity index (χ1) is 14.9. The number of aryl methyl sites for hydroxylation is 1.